The fraction of sp³-hybridized carbons (Fsp3) is 0.353. The van der Waals surface area contributed by atoms with Gasteiger partial charge in [-0.3, -0.25) is 4.68 Å². The van der Waals surface area contributed by atoms with Crippen LogP contribution in [0.5, 0.6) is 11.5 Å². The molecule has 4 rings (SSSR count). The second-order valence-corrected chi connectivity index (χ2v) is 6.04. The molecule has 7 nitrogen and oxygen atoms in total. The Morgan fingerprint density at radius 2 is 2.08 bits per heavy atom. The first kappa shape index (κ1) is 14.7. The molecule has 3 aromatic rings. The summed E-state index contributed by atoms with van der Waals surface area (Å²) in [6.07, 6.45) is 2.48. The normalized spacial score (nSPS) is 14.0. The zero-order valence-corrected chi connectivity index (χ0v) is 13.9. The second kappa shape index (κ2) is 5.36. The van der Waals surface area contributed by atoms with Gasteiger partial charge in [0.25, 0.3) is 0 Å². The van der Waals surface area contributed by atoms with Gasteiger partial charge in [0.05, 0.1) is 30.6 Å². The van der Waals surface area contributed by atoms with Crippen LogP contribution in [0.4, 0.5) is 5.82 Å². The van der Waals surface area contributed by atoms with Crippen molar-refractivity contribution in [2.24, 2.45) is 7.05 Å². The first-order chi connectivity index (χ1) is 11.6. The number of aromatic nitrogens is 4. The van der Waals surface area contributed by atoms with E-state index in [0.717, 1.165) is 36.4 Å². The standard InChI is InChI=1S/C17H19N5O2/c1-10-11-4-5-22(8-14(11)21(2)20-10)17-12-6-16(24-3)15(23)7-13(12)18-9-19-17/h6-7,9,23H,4-5,8H2,1-3H3. The molecule has 0 unspecified atom stereocenters. The highest BCUT2D eigenvalue weighted by Gasteiger charge is 2.24. The Hall–Kier alpha value is -2.83. The maximum Gasteiger partial charge on any atom is 0.161 e. The van der Waals surface area contributed by atoms with Gasteiger partial charge < -0.3 is 14.7 Å². The lowest BCUT2D eigenvalue weighted by atomic mass is 10.0. The number of aromatic hydroxyl groups is 1. The van der Waals surface area contributed by atoms with Crippen molar-refractivity contribution in [3.05, 3.63) is 35.4 Å². The quantitative estimate of drug-likeness (QED) is 0.776. The molecule has 24 heavy (non-hydrogen) atoms. The monoisotopic (exact) mass is 325 g/mol. The Kier molecular flexibility index (Phi) is 3.30. The number of phenols is 1. The third-order valence-corrected chi connectivity index (χ3v) is 4.66. The van der Waals surface area contributed by atoms with Crippen LogP contribution < -0.4 is 9.64 Å². The molecule has 1 aliphatic heterocycles. The molecule has 0 aliphatic carbocycles. The van der Waals surface area contributed by atoms with Crippen LogP contribution in [-0.2, 0) is 20.0 Å². The van der Waals surface area contributed by atoms with Gasteiger partial charge in [0, 0.05) is 25.0 Å². The molecule has 0 bridgehead atoms. The summed E-state index contributed by atoms with van der Waals surface area (Å²) in [5, 5.41) is 15.4. The van der Waals surface area contributed by atoms with Crippen molar-refractivity contribution < 1.29 is 9.84 Å². The minimum absolute atomic E-state index is 0.0813. The summed E-state index contributed by atoms with van der Waals surface area (Å²) >= 11 is 0. The SMILES string of the molecule is COc1cc2c(N3CCc4c(C)nn(C)c4C3)ncnc2cc1O. The maximum atomic E-state index is 9.97. The number of fused-ring (bicyclic) bond motifs is 2. The molecule has 3 heterocycles. The van der Waals surface area contributed by atoms with E-state index in [1.807, 2.05) is 11.7 Å². The number of nitrogens with zero attached hydrogens (tertiary/aromatic N) is 5. The zero-order valence-electron chi connectivity index (χ0n) is 13.9. The number of benzene rings is 1. The van der Waals surface area contributed by atoms with Crippen LogP contribution >= 0.6 is 0 Å². The summed E-state index contributed by atoms with van der Waals surface area (Å²) in [5.74, 6) is 1.35. The van der Waals surface area contributed by atoms with E-state index in [1.54, 1.807) is 12.1 Å². The second-order valence-electron chi connectivity index (χ2n) is 6.04. The molecule has 7 heteroatoms. The summed E-state index contributed by atoms with van der Waals surface area (Å²) in [7, 11) is 3.52. The Labute approximate surface area is 139 Å². The van der Waals surface area contributed by atoms with Gasteiger partial charge in [-0.25, -0.2) is 9.97 Å². The van der Waals surface area contributed by atoms with Gasteiger partial charge in [0.15, 0.2) is 11.5 Å². The highest BCUT2D eigenvalue weighted by molar-refractivity contribution is 5.92. The molecule has 0 saturated heterocycles. The predicted octanol–water partition coefficient (Wildman–Crippen LogP) is 1.95. The third-order valence-electron chi connectivity index (χ3n) is 4.66. The van der Waals surface area contributed by atoms with Gasteiger partial charge in [-0.15, -0.1) is 0 Å². The zero-order chi connectivity index (χ0) is 16.8. The Morgan fingerprint density at radius 3 is 2.88 bits per heavy atom. The van der Waals surface area contributed by atoms with E-state index in [9.17, 15) is 5.11 Å². The number of anilines is 1. The van der Waals surface area contributed by atoms with E-state index in [2.05, 4.69) is 26.9 Å². The average Bonchev–Trinajstić information content (AvgIpc) is 2.87. The van der Waals surface area contributed by atoms with Crippen LogP contribution in [0.25, 0.3) is 10.9 Å². The molecule has 1 aromatic carbocycles. The number of aryl methyl sites for hydroxylation is 2. The first-order valence-electron chi connectivity index (χ1n) is 7.86. The van der Waals surface area contributed by atoms with E-state index in [1.165, 1.54) is 24.7 Å². The van der Waals surface area contributed by atoms with Crippen LogP contribution in [0.15, 0.2) is 18.5 Å². The van der Waals surface area contributed by atoms with E-state index in [4.69, 9.17) is 4.74 Å². The maximum absolute atomic E-state index is 9.97. The van der Waals surface area contributed by atoms with Crippen LogP contribution in [0, 0.1) is 6.92 Å². The molecule has 1 aliphatic rings. The fourth-order valence-corrected chi connectivity index (χ4v) is 3.43. The van der Waals surface area contributed by atoms with Gasteiger partial charge in [-0.05, 0) is 25.0 Å². The molecule has 0 atom stereocenters. The highest BCUT2D eigenvalue weighted by atomic mass is 16.5. The average molecular weight is 325 g/mol. The fourth-order valence-electron chi connectivity index (χ4n) is 3.43. The van der Waals surface area contributed by atoms with Gasteiger partial charge in [-0.1, -0.05) is 0 Å². The Balaban J connectivity index is 1.81. The van der Waals surface area contributed by atoms with Gasteiger partial charge in [0.1, 0.15) is 12.1 Å². The van der Waals surface area contributed by atoms with Crippen molar-refractivity contribution >= 4 is 16.7 Å². The van der Waals surface area contributed by atoms with Crippen LogP contribution in [0.2, 0.25) is 0 Å². The lowest BCUT2D eigenvalue weighted by Crippen LogP contribution is -2.32. The van der Waals surface area contributed by atoms with Crippen molar-refractivity contribution in [3.63, 3.8) is 0 Å². The molecule has 0 spiro atoms. The molecule has 0 saturated carbocycles. The van der Waals surface area contributed by atoms with Gasteiger partial charge >= 0.3 is 0 Å². The number of hydrogen-bond donors (Lipinski definition) is 1. The van der Waals surface area contributed by atoms with Crippen molar-refractivity contribution in [1.82, 2.24) is 19.7 Å². The summed E-state index contributed by atoms with van der Waals surface area (Å²) in [4.78, 5) is 11.0. The third kappa shape index (κ3) is 2.16. The number of phenolic OH excluding ortho intramolecular Hbond substituents is 1. The lowest BCUT2D eigenvalue weighted by Gasteiger charge is -2.29. The van der Waals surface area contributed by atoms with E-state index >= 15 is 0 Å². The van der Waals surface area contributed by atoms with E-state index < -0.39 is 0 Å². The van der Waals surface area contributed by atoms with Crippen molar-refractivity contribution in [3.8, 4) is 11.5 Å². The number of rotatable bonds is 2. The highest BCUT2D eigenvalue weighted by Crippen LogP contribution is 2.35. The van der Waals surface area contributed by atoms with Crippen molar-refractivity contribution in [1.29, 1.82) is 0 Å². The molecular formula is C17H19N5O2. The first-order valence-corrected chi connectivity index (χ1v) is 7.86. The smallest absolute Gasteiger partial charge is 0.161 e. The number of hydrogen-bond acceptors (Lipinski definition) is 6. The Morgan fingerprint density at radius 1 is 1.25 bits per heavy atom. The molecular weight excluding hydrogens is 306 g/mol. The van der Waals surface area contributed by atoms with E-state index in [-0.39, 0.29) is 5.75 Å². The summed E-state index contributed by atoms with van der Waals surface area (Å²) < 4.78 is 7.19. The molecule has 2 aromatic heterocycles. The van der Waals surface area contributed by atoms with Crippen molar-refractivity contribution in [2.75, 3.05) is 18.6 Å². The van der Waals surface area contributed by atoms with Gasteiger partial charge in [0.2, 0.25) is 0 Å². The van der Waals surface area contributed by atoms with E-state index in [0.29, 0.717) is 11.3 Å². The summed E-state index contributed by atoms with van der Waals surface area (Å²) in [5.41, 5.74) is 4.36. The topological polar surface area (TPSA) is 76.3 Å². The molecule has 1 N–H and O–H groups in total. The minimum atomic E-state index is 0.0813. The molecule has 0 amide bonds. The number of methoxy groups -OCH3 is 1. The van der Waals surface area contributed by atoms with Gasteiger partial charge in [-0.2, -0.15) is 5.10 Å². The van der Waals surface area contributed by atoms with Crippen molar-refractivity contribution in [2.45, 2.75) is 19.9 Å². The van der Waals surface area contributed by atoms with Crippen LogP contribution in [0.3, 0.4) is 0 Å². The molecule has 0 radical (unpaired) electrons. The van der Waals surface area contributed by atoms with Crippen LogP contribution in [0.1, 0.15) is 17.0 Å². The summed E-state index contributed by atoms with van der Waals surface area (Å²) in [6.45, 7) is 3.68. The lowest BCUT2D eigenvalue weighted by molar-refractivity contribution is 0.374. The predicted molar refractivity (Wildman–Crippen MR) is 90.5 cm³/mol. The van der Waals surface area contributed by atoms with Crippen LogP contribution in [-0.4, -0.2) is 38.5 Å². The summed E-state index contributed by atoms with van der Waals surface area (Å²) in [6, 6.07) is 3.41. The minimum Gasteiger partial charge on any atom is -0.504 e. The molecule has 0 fully saturated rings. The Bertz CT molecular complexity index is 934. The molecule has 124 valence electrons. The largest absolute Gasteiger partial charge is 0.504 e. The number of ether oxygens (including phenoxy) is 1.